The van der Waals surface area contributed by atoms with Crippen LogP contribution in [0.15, 0.2) is 18.2 Å². The van der Waals surface area contributed by atoms with Crippen molar-refractivity contribution in [3.05, 3.63) is 34.9 Å². The number of benzene rings is 1. The van der Waals surface area contributed by atoms with E-state index in [-0.39, 0.29) is 6.10 Å². The van der Waals surface area contributed by atoms with Crippen LogP contribution in [0.2, 0.25) is 0 Å². The molecule has 96 valence electrons. The van der Waals surface area contributed by atoms with E-state index in [4.69, 9.17) is 0 Å². The zero-order valence-corrected chi connectivity index (χ0v) is 11.5. The smallest absolute Gasteiger partial charge is 0.0580 e. The zero-order chi connectivity index (χ0) is 12.7. The Morgan fingerprint density at radius 2 is 1.82 bits per heavy atom. The molecule has 0 radical (unpaired) electrons. The third-order valence-electron chi connectivity index (χ3n) is 3.43. The lowest BCUT2D eigenvalue weighted by atomic mass is 9.99. The summed E-state index contributed by atoms with van der Waals surface area (Å²) in [6, 6.07) is 6.48. The van der Waals surface area contributed by atoms with Crippen molar-refractivity contribution in [1.82, 2.24) is 0 Å². The van der Waals surface area contributed by atoms with Crippen LogP contribution >= 0.6 is 0 Å². The number of aliphatic hydroxyl groups is 1. The minimum atomic E-state index is -0.172. The van der Waals surface area contributed by atoms with Gasteiger partial charge in [0.25, 0.3) is 0 Å². The molecule has 1 N–H and O–H groups in total. The molecule has 1 nitrogen and oxygen atoms in total. The molecule has 0 fully saturated rings. The van der Waals surface area contributed by atoms with Crippen molar-refractivity contribution in [2.45, 2.75) is 65.4 Å². The Labute approximate surface area is 106 Å². The first kappa shape index (κ1) is 14.2. The van der Waals surface area contributed by atoms with Crippen molar-refractivity contribution in [3.8, 4) is 0 Å². The molecule has 1 atom stereocenters. The molecular weight excluding hydrogens is 208 g/mol. The highest BCUT2D eigenvalue weighted by Crippen LogP contribution is 2.14. The van der Waals surface area contributed by atoms with Crippen LogP contribution in [0, 0.1) is 13.8 Å². The summed E-state index contributed by atoms with van der Waals surface area (Å²) >= 11 is 0. The fraction of sp³-hybridized carbons (Fsp3) is 0.625. The Bertz CT molecular complexity index is 330. The molecule has 0 aliphatic carbocycles. The molecule has 0 saturated heterocycles. The van der Waals surface area contributed by atoms with Crippen LogP contribution in [0.25, 0.3) is 0 Å². The Morgan fingerprint density at radius 1 is 1.06 bits per heavy atom. The molecule has 17 heavy (non-hydrogen) atoms. The van der Waals surface area contributed by atoms with Crippen molar-refractivity contribution in [1.29, 1.82) is 0 Å². The van der Waals surface area contributed by atoms with Crippen molar-refractivity contribution in [3.63, 3.8) is 0 Å². The van der Waals surface area contributed by atoms with Gasteiger partial charge in [-0.25, -0.2) is 0 Å². The Morgan fingerprint density at radius 3 is 2.47 bits per heavy atom. The third-order valence-corrected chi connectivity index (χ3v) is 3.43. The monoisotopic (exact) mass is 234 g/mol. The van der Waals surface area contributed by atoms with Gasteiger partial charge >= 0.3 is 0 Å². The van der Waals surface area contributed by atoms with Crippen LogP contribution < -0.4 is 0 Å². The summed E-state index contributed by atoms with van der Waals surface area (Å²) in [4.78, 5) is 0. The maximum Gasteiger partial charge on any atom is 0.0580 e. The summed E-state index contributed by atoms with van der Waals surface area (Å²) in [5.74, 6) is 0. The van der Waals surface area contributed by atoms with E-state index in [0.717, 1.165) is 19.3 Å². The third kappa shape index (κ3) is 5.36. The van der Waals surface area contributed by atoms with Gasteiger partial charge in [-0.1, -0.05) is 50.8 Å². The highest BCUT2D eigenvalue weighted by molar-refractivity contribution is 5.30. The Hall–Kier alpha value is -0.820. The first-order valence-electron chi connectivity index (χ1n) is 6.87. The minimum Gasteiger partial charge on any atom is -0.393 e. The van der Waals surface area contributed by atoms with E-state index in [1.54, 1.807) is 0 Å². The highest BCUT2D eigenvalue weighted by atomic mass is 16.3. The number of aliphatic hydroxyl groups excluding tert-OH is 1. The molecular formula is C16H26O. The molecule has 0 bridgehead atoms. The molecule has 1 aromatic carbocycles. The van der Waals surface area contributed by atoms with E-state index in [0.29, 0.717) is 0 Å². The van der Waals surface area contributed by atoms with Crippen molar-refractivity contribution >= 4 is 0 Å². The summed E-state index contributed by atoms with van der Waals surface area (Å²) in [7, 11) is 0. The summed E-state index contributed by atoms with van der Waals surface area (Å²) < 4.78 is 0. The van der Waals surface area contributed by atoms with Gasteiger partial charge in [0.15, 0.2) is 0 Å². The molecule has 0 spiro atoms. The maximum atomic E-state index is 9.96. The predicted molar refractivity (Wildman–Crippen MR) is 74.4 cm³/mol. The van der Waals surface area contributed by atoms with Gasteiger partial charge in [-0.3, -0.25) is 0 Å². The van der Waals surface area contributed by atoms with Crippen LogP contribution in [0.1, 0.15) is 55.7 Å². The number of hydrogen-bond donors (Lipinski definition) is 1. The lowest BCUT2D eigenvalue weighted by Crippen LogP contribution is -2.10. The van der Waals surface area contributed by atoms with E-state index < -0.39 is 0 Å². The van der Waals surface area contributed by atoms with Crippen LogP contribution in [-0.4, -0.2) is 11.2 Å². The van der Waals surface area contributed by atoms with E-state index in [9.17, 15) is 5.11 Å². The molecule has 0 amide bonds. The van der Waals surface area contributed by atoms with Gasteiger partial charge in [0.05, 0.1) is 6.10 Å². The fourth-order valence-corrected chi connectivity index (χ4v) is 2.11. The van der Waals surface area contributed by atoms with Gasteiger partial charge in [0.1, 0.15) is 0 Å². The molecule has 0 heterocycles. The van der Waals surface area contributed by atoms with Crippen molar-refractivity contribution in [2.24, 2.45) is 0 Å². The molecule has 1 heteroatoms. The molecule has 1 rings (SSSR count). The van der Waals surface area contributed by atoms with Gasteiger partial charge in [-0.15, -0.1) is 0 Å². The minimum absolute atomic E-state index is 0.172. The zero-order valence-electron chi connectivity index (χ0n) is 11.5. The van der Waals surface area contributed by atoms with Crippen molar-refractivity contribution < 1.29 is 5.11 Å². The second kappa shape index (κ2) is 7.50. The van der Waals surface area contributed by atoms with Gasteiger partial charge < -0.3 is 5.11 Å². The van der Waals surface area contributed by atoms with Crippen LogP contribution in [0.4, 0.5) is 0 Å². The quantitative estimate of drug-likeness (QED) is 0.702. The van der Waals surface area contributed by atoms with E-state index in [1.165, 1.54) is 36.0 Å². The molecule has 0 aliphatic rings. The van der Waals surface area contributed by atoms with Crippen LogP contribution in [0.3, 0.4) is 0 Å². The second-order valence-corrected chi connectivity index (χ2v) is 5.13. The first-order chi connectivity index (χ1) is 8.13. The molecule has 0 aliphatic heterocycles. The second-order valence-electron chi connectivity index (χ2n) is 5.13. The van der Waals surface area contributed by atoms with Gasteiger partial charge in [-0.05, 0) is 43.4 Å². The molecule has 1 unspecified atom stereocenters. The van der Waals surface area contributed by atoms with Gasteiger partial charge in [0, 0.05) is 0 Å². The number of aryl methyl sites for hydroxylation is 2. The number of rotatable bonds is 7. The summed E-state index contributed by atoms with van der Waals surface area (Å²) in [6.45, 7) is 6.47. The SMILES string of the molecule is CCCCCCC(O)Cc1ccc(C)c(C)c1. The highest BCUT2D eigenvalue weighted by Gasteiger charge is 2.06. The first-order valence-corrected chi connectivity index (χ1v) is 6.87. The Kier molecular flexibility index (Phi) is 6.28. The van der Waals surface area contributed by atoms with Crippen LogP contribution in [-0.2, 0) is 6.42 Å². The lowest BCUT2D eigenvalue weighted by molar-refractivity contribution is 0.161. The average molecular weight is 234 g/mol. The summed E-state index contributed by atoms with van der Waals surface area (Å²) in [5.41, 5.74) is 3.91. The van der Waals surface area contributed by atoms with E-state index in [1.807, 2.05) is 0 Å². The maximum absolute atomic E-state index is 9.96. The average Bonchev–Trinajstić information content (AvgIpc) is 2.30. The largest absolute Gasteiger partial charge is 0.393 e. The normalized spacial score (nSPS) is 12.7. The lowest BCUT2D eigenvalue weighted by Gasteiger charge is -2.11. The van der Waals surface area contributed by atoms with Gasteiger partial charge in [0.2, 0.25) is 0 Å². The molecule has 0 saturated carbocycles. The van der Waals surface area contributed by atoms with Crippen molar-refractivity contribution in [2.75, 3.05) is 0 Å². The summed E-state index contributed by atoms with van der Waals surface area (Å²) in [5, 5.41) is 9.96. The number of hydrogen-bond acceptors (Lipinski definition) is 1. The van der Waals surface area contributed by atoms with Crippen LogP contribution in [0.5, 0.6) is 0 Å². The van der Waals surface area contributed by atoms with E-state index in [2.05, 4.69) is 39.0 Å². The molecule has 0 aromatic heterocycles. The topological polar surface area (TPSA) is 20.2 Å². The Balaban J connectivity index is 2.34. The standard InChI is InChI=1S/C16H26O/c1-4-5-6-7-8-16(17)12-15-10-9-13(2)14(3)11-15/h9-11,16-17H,4-8,12H2,1-3H3. The summed E-state index contributed by atoms with van der Waals surface area (Å²) in [6.07, 6.45) is 6.51. The van der Waals surface area contributed by atoms with E-state index >= 15 is 0 Å². The fourth-order valence-electron chi connectivity index (χ4n) is 2.11. The molecule has 1 aromatic rings. The predicted octanol–water partition coefficient (Wildman–Crippen LogP) is 4.18. The number of unbranched alkanes of at least 4 members (excludes halogenated alkanes) is 3. The van der Waals surface area contributed by atoms with Gasteiger partial charge in [-0.2, -0.15) is 0 Å².